The number of hydrogen-bond donors (Lipinski definition) is 2. The second-order valence-electron chi connectivity index (χ2n) is 3.45. The van der Waals surface area contributed by atoms with Gasteiger partial charge < -0.3 is 10.2 Å². The first-order valence-corrected chi connectivity index (χ1v) is 5.64. The molecule has 2 N–H and O–H groups in total. The van der Waals surface area contributed by atoms with Gasteiger partial charge in [-0.05, 0) is 25.1 Å². The minimum Gasteiger partial charge on any atom is -0.479 e. The van der Waals surface area contributed by atoms with Crippen molar-refractivity contribution in [1.29, 1.82) is 0 Å². The van der Waals surface area contributed by atoms with Crippen molar-refractivity contribution in [3.8, 4) is 0 Å². The van der Waals surface area contributed by atoms with Gasteiger partial charge in [-0.25, -0.2) is 9.18 Å². The molecule has 1 aromatic carbocycles. The number of rotatable bonds is 4. The number of benzene rings is 1. The molecule has 0 aliphatic heterocycles. The van der Waals surface area contributed by atoms with Gasteiger partial charge in [0.2, 0.25) is 0 Å². The molecule has 2 atom stereocenters. The van der Waals surface area contributed by atoms with Gasteiger partial charge in [0.15, 0.2) is 11.9 Å². The number of alkyl halides is 1. The molecule has 0 heterocycles. The molecule has 1 aromatic rings. The van der Waals surface area contributed by atoms with E-state index in [-0.39, 0.29) is 11.1 Å². The van der Waals surface area contributed by atoms with E-state index < -0.39 is 28.5 Å². The van der Waals surface area contributed by atoms with Crippen LogP contribution in [0, 0.1) is 5.82 Å². The third kappa shape index (κ3) is 3.10. The maximum absolute atomic E-state index is 13.0. The lowest BCUT2D eigenvalue weighted by molar-refractivity contribution is -0.146. The van der Waals surface area contributed by atoms with Crippen LogP contribution in [0.2, 0.25) is 0 Å². The number of carboxylic acids is 1. The number of carbonyl (C=O) groups excluding carboxylic acids is 1. The highest BCUT2D eigenvalue weighted by molar-refractivity contribution is 9.10. The molecule has 0 aliphatic carbocycles. The van der Waals surface area contributed by atoms with Gasteiger partial charge >= 0.3 is 5.97 Å². The number of carboxylic acid groups (broad SMARTS) is 1. The fraction of sp³-hybridized carbons (Fsp3) is 0.273. The predicted molar refractivity (Wildman–Crippen MR) is 61.7 cm³/mol. The first-order chi connectivity index (χ1) is 7.84. The van der Waals surface area contributed by atoms with Gasteiger partial charge in [0.05, 0.1) is 4.83 Å². The Balaban J connectivity index is 3.31. The topological polar surface area (TPSA) is 74.6 Å². The highest BCUT2D eigenvalue weighted by atomic mass is 79.9. The van der Waals surface area contributed by atoms with Crippen LogP contribution in [0.3, 0.4) is 0 Å². The molecule has 0 saturated heterocycles. The van der Waals surface area contributed by atoms with Crippen LogP contribution in [0.4, 0.5) is 4.39 Å². The lowest BCUT2D eigenvalue weighted by Crippen LogP contribution is -2.18. The van der Waals surface area contributed by atoms with E-state index in [1.807, 2.05) is 0 Å². The average Bonchev–Trinajstić information content (AvgIpc) is 2.26. The zero-order valence-corrected chi connectivity index (χ0v) is 10.4. The summed E-state index contributed by atoms with van der Waals surface area (Å²) in [7, 11) is 0. The van der Waals surface area contributed by atoms with Crippen LogP contribution >= 0.6 is 15.9 Å². The average molecular weight is 305 g/mol. The second-order valence-corrected chi connectivity index (χ2v) is 4.83. The van der Waals surface area contributed by atoms with E-state index in [0.29, 0.717) is 0 Å². The molecule has 0 aliphatic rings. The van der Waals surface area contributed by atoms with Gasteiger partial charge in [0.1, 0.15) is 5.82 Å². The molecule has 0 aromatic heterocycles. The highest BCUT2D eigenvalue weighted by Gasteiger charge is 2.24. The van der Waals surface area contributed by atoms with Crippen molar-refractivity contribution in [2.75, 3.05) is 0 Å². The molecule has 17 heavy (non-hydrogen) atoms. The summed E-state index contributed by atoms with van der Waals surface area (Å²) in [5.41, 5.74) is -0.250. The second kappa shape index (κ2) is 5.37. The third-order valence-corrected chi connectivity index (χ3v) is 2.58. The van der Waals surface area contributed by atoms with Crippen LogP contribution < -0.4 is 0 Å². The van der Waals surface area contributed by atoms with Crippen molar-refractivity contribution in [3.63, 3.8) is 0 Å². The van der Waals surface area contributed by atoms with E-state index in [2.05, 4.69) is 15.9 Å². The molecule has 6 heteroatoms. The molecule has 0 amide bonds. The third-order valence-electron chi connectivity index (χ3n) is 2.17. The SMILES string of the molecule is CC(Br)C(=O)c1ccc(F)cc1C(O)C(=O)O. The van der Waals surface area contributed by atoms with Crippen LogP contribution in [0.25, 0.3) is 0 Å². The number of carbonyl (C=O) groups is 2. The molecule has 0 bridgehead atoms. The number of aliphatic hydroxyl groups excluding tert-OH is 1. The zero-order chi connectivity index (χ0) is 13.2. The molecule has 92 valence electrons. The quantitative estimate of drug-likeness (QED) is 0.658. The summed E-state index contributed by atoms with van der Waals surface area (Å²) < 4.78 is 13.0. The summed E-state index contributed by atoms with van der Waals surface area (Å²) in [6.07, 6.45) is -1.92. The normalized spacial score (nSPS) is 14.1. The fourth-order valence-electron chi connectivity index (χ4n) is 1.33. The van der Waals surface area contributed by atoms with Crippen LogP contribution in [0.5, 0.6) is 0 Å². The Kier molecular flexibility index (Phi) is 4.36. The van der Waals surface area contributed by atoms with Crippen LogP contribution in [-0.2, 0) is 4.79 Å². The summed E-state index contributed by atoms with van der Waals surface area (Å²) in [5.74, 6) is -2.66. The highest BCUT2D eigenvalue weighted by Crippen LogP contribution is 2.22. The minimum atomic E-state index is -1.92. The first-order valence-electron chi connectivity index (χ1n) is 4.73. The number of ketones is 1. The van der Waals surface area contributed by atoms with Gasteiger partial charge in [-0.2, -0.15) is 0 Å². The fourth-order valence-corrected chi connectivity index (χ4v) is 1.58. The number of hydrogen-bond acceptors (Lipinski definition) is 3. The largest absolute Gasteiger partial charge is 0.479 e. The Bertz CT molecular complexity index is 459. The molecule has 0 radical (unpaired) electrons. The summed E-state index contributed by atoms with van der Waals surface area (Å²) in [6, 6.07) is 3.05. The van der Waals surface area contributed by atoms with E-state index in [4.69, 9.17) is 5.11 Å². The van der Waals surface area contributed by atoms with Gasteiger partial charge in [0.25, 0.3) is 0 Å². The molecular formula is C11H10BrFO4. The number of Topliss-reactive ketones (excluding diaryl/α,β-unsaturated/α-hetero) is 1. The predicted octanol–water partition coefficient (Wildman–Crippen LogP) is 1.91. The molecule has 0 fully saturated rings. The maximum Gasteiger partial charge on any atom is 0.337 e. The minimum absolute atomic E-state index is 0.00863. The van der Waals surface area contributed by atoms with Gasteiger partial charge in [-0.3, -0.25) is 4.79 Å². The molecule has 4 nitrogen and oxygen atoms in total. The summed E-state index contributed by atoms with van der Waals surface area (Å²) in [5, 5.41) is 18.1. The van der Waals surface area contributed by atoms with Crippen molar-refractivity contribution >= 4 is 27.7 Å². The van der Waals surface area contributed by atoms with Crippen molar-refractivity contribution in [3.05, 3.63) is 35.1 Å². The van der Waals surface area contributed by atoms with E-state index in [0.717, 1.165) is 18.2 Å². The number of aliphatic hydroxyl groups is 1. The van der Waals surface area contributed by atoms with Crippen molar-refractivity contribution in [1.82, 2.24) is 0 Å². The van der Waals surface area contributed by atoms with E-state index in [1.54, 1.807) is 6.92 Å². The molecule has 2 unspecified atom stereocenters. The Hall–Kier alpha value is -1.27. The summed E-state index contributed by atoms with van der Waals surface area (Å²) >= 11 is 3.04. The Morgan fingerprint density at radius 1 is 1.41 bits per heavy atom. The molecule has 0 saturated carbocycles. The number of aliphatic carboxylic acids is 1. The standard InChI is InChI=1S/C11H10BrFO4/c1-5(12)9(14)7-3-2-6(13)4-8(7)10(15)11(16)17/h2-5,10,15H,1H3,(H,16,17). The Morgan fingerprint density at radius 3 is 2.47 bits per heavy atom. The van der Waals surface area contributed by atoms with E-state index in [1.165, 1.54) is 0 Å². The molecular weight excluding hydrogens is 295 g/mol. The number of halogens is 2. The zero-order valence-electron chi connectivity index (χ0n) is 8.85. The molecule has 1 rings (SSSR count). The van der Waals surface area contributed by atoms with Crippen molar-refractivity contribution in [2.45, 2.75) is 17.9 Å². The van der Waals surface area contributed by atoms with E-state index >= 15 is 0 Å². The van der Waals surface area contributed by atoms with Crippen LogP contribution in [0.1, 0.15) is 28.9 Å². The van der Waals surface area contributed by atoms with Crippen molar-refractivity contribution < 1.29 is 24.2 Å². The monoisotopic (exact) mass is 304 g/mol. The van der Waals surface area contributed by atoms with E-state index in [9.17, 15) is 19.1 Å². The molecule has 0 spiro atoms. The summed E-state index contributed by atoms with van der Waals surface area (Å²) in [4.78, 5) is 21.8. The first kappa shape index (κ1) is 13.8. The Morgan fingerprint density at radius 2 is 2.00 bits per heavy atom. The van der Waals surface area contributed by atoms with Gasteiger partial charge in [-0.15, -0.1) is 0 Å². The Labute approximate surface area is 105 Å². The lowest BCUT2D eigenvalue weighted by atomic mass is 9.98. The maximum atomic E-state index is 13.0. The lowest BCUT2D eigenvalue weighted by Gasteiger charge is -2.12. The van der Waals surface area contributed by atoms with Crippen LogP contribution in [0.15, 0.2) is 18.2 Å². The van der Waals surface area contributed by atoms with Crippen LogP contribution in [-0.4, -0.2) is 26.8 Å². The summed E-state index contributed by atoms with van der Waals surface area (Å²) in [6.45, 7) is 1.56. The van der Waals surface area contributed by atoms with Gasteiger partial charge in [0, 0.05) is 11.1 Å². The van der Waals surface area contributed by atoms with Gasteiger partial charge in [-0.1, -0.05) is 15.9 Å². The smallest absolute Gasteiger partial charge is 0.337 e. The van der Waals surface area contributed by atoms with Crippen molar-refractivity contribution in [2.24, 2.45) is 0 Å².